The average molecular weight is 489 g/mol. The maximum atomic E-state index is 13.9. The lowest BCUT2D eigenvalue weighted by atomic mass is 10.2. The summed E-state index contributed by atoms with van der Waals surface area (Å²) in [6.45, 7) is 2.32. The zero-order valence-corrected chi connectivity index (χ0v) is 18.3. The Hall–Kier alpha value is -2.18. The summed E-state index contributed by atoms with van der Waals surface area (Å²) in [5, 5.41) is 8.46. The number of fused-ring (bicyclic) bond motifs is 1. The van der Waals surface area contributed by atoms with Crippen molar-refractivity contribution in [3.63, 3.8) is 0 Å². The van der Waals surface area contributed by atoms with Crippen molar-refractivity contribution >= 4 is 45.1 Å². The molecule has 0 saturated heterocycles. The molecule has 0 amide bonds. The molecule has 12 heteroatoms. The summed E-state index contributed by atoms with van der Waals surface area (Å²) in [4.78, 5) is 4.54. The van der Waals surface area contributed by atoms with Crippen LogP contribution in [-0.4, -0.2) is 19.7 Å². The molecule has 0 N–H and O–H groups in total. The van der Waals surface area contributed by atoms with Crippen LogP contribution in [0.3, 0.4) is 0 Å². The lowest BCUT2D eigenvalue weighted by molar-refractivity contribution is 0.372. The van der Waals surface area contributed by atoms with Gasteiger partial charge in [0.1, 0.15) is 5.82 Å². The summed E-state index contributed by atoms with van der Waals surface area (Å²) in [5.41, 5.74) is 0.0171. The van der Waals surface area contributed by atoms with Gasteiger partial charge >= 0.3 is 0 Å². The maximum Gasteiger partial charge on any atom is 0.200 e. The van der Waals surface area contributed by atoms with Crippen molar-refractivity contribution in [3.8, 4) is 0 Å². The van der Waals surface area contributed by atoms with Gasteiger partial charge in [-0.2, -0.15) is 0 Å². The van der Waals surface area contributed by atoms with Crippen molar-refractivity contribution in [1.29, 1.82) is 0 Å². The number of thioether (sulfide) groups is 2. The summed E-state index contributed by atoms with van der Waals surface area (Å²) in [6, 6.07) is 7.77. The van der Waals surface area contributed by atoms with Crippen LogP contribution >= 0.6 is 34.9 Å². The van der Waals surface area contributed by atoms with Gasteiger partial charge in [-0.25, -0.2) is 26.9 Å². The van der Waals surface area contributed by atoms with Crippen LogP contribution in [0.2, 0.25) is 0 Å². The summed E-state index contributed by atoms with van der Waals surface area (Å²) >= 11 is 3.89. The Bertz CT molecular complexity index is 1200. The largest absolute Gasteiger partial charge is 0.306 e. The Kier molecular flexibility index (Phi) is 6.49. The fourth-order valence-corrected chi connectivity index (χ4v) is 5.83. The minimum Gasteiger partial charge on any atom is -0.306 e. The zero-order valence-electron chi connectivity index (χ0n) is 15.8. The molecule has 0 fully saturated rings. The highest BCUT2D eigenvalue weighted by Gasteiger charge is 2.26. The second-order valence-corrected chi connectivity index (χ2v) is 9.41. The molecule has 2 aromatic heterocycles. The molecule has 0 unspecified atom stereocenters. The molecular formula is C19H13F5N4S3. The normalized spacial score (nSPS) is 11.5. The summed E-state index contributed by atoms with van der Waals surface area (Å²) in [6.07, 6.45) is 0. The minimum absolute atomic E-state index is 0.325. The number of rotatable bonds is 7. The second kappa shape index (κ2) is 9.13. The molecule has 4 aromatic rings. The lowest BCUT2D eigenvalue weighted by Crippen LogP contribution is -2.07. The van der Waals surface area contributed by atoms with Crippen LogP contribution < -0.4 is 0 Å². The van der Waals surface area contributed by atoms with Crippen LogP contribution in [0.15, 0.2) is 33.8 Å². The van der Waals surface area contributed by atoms with E-state index in [1.54, 1.807) is 15.9 Å². The van der Waals surface area contributed by atoms with Gasteiger partial charge in [0.2, 0.25) is 5.82 Å². The highest BCUT2D eigenvalue weighted by molar-refractivity contribution is 8.00. The fourth-order valence-electron chi connectivity index (χ4n) is 2.80. The third-order valence-corrected chi connectivity index (χ3v) is 7.52. The van der Waals surface area contributed by atoms with E-state index in [4.69, 9.17) is 0 Å². The van der Waals surface area contributed by atoms with Gasteiger partial charge in [0, 0.05) is 17.9 Å². The number of aromatic nitrogens is 4. The molecule has 4 rings (SSSR count). The standard InChI is InChI=1S/C19H13F5N4S3/c1-2-28-12(8-30-19-25-10-5-3-4-6-11(10)31-19)26-27-18(28)29-7-9-13(20)15(22)17(24)16(23)14(9)21/h3-6H,2,7-8H2,1H3. The monoisotopic (exact) mass is 488 g/mol. The van der Waals surface area contributed by atoms with Gasteiger partial charge in [-0.15, -0.1) is 21.5 Å². The highest BCUT2D eigenvalue weighted by atomic mass is 32.2. The third kappa shape index (κ3) is 4.28. The molecule has 0 saturated carbocycles. The highest BCUT2D eigenvalue weighted by Crippen LogP contribution is 2.33. The summed E-state index contributed by atoms with van der Waals surface area (Å²) in [5.74, 6) is -9.16. The number of para-hydroxylation sites is 1. The van der Waals surface area contributed by atoms with E-state index in [1.807, 2.05) is 31.2 Å². The van der Waals surface area contributed by atoms with E-state index in [-0.39, 0.29) is 0 Å². The maximum absolute atomic E-state index is 13.9. The zero-order chi connectivity index (χ0) is 22.1. The van der Waals surface area contributed by atoms with Gasteiger partial charge in [0.25, 0.3) is 0 Å². The van der Waals surface area contributed by atoms with Crippen LogP contribution in [0, 0.1) is 29.1 Å². The van der Waals surface area contributed by atoms with E-state index in [0.29, 0.717) is 23.3 Å². The molecule has 2 aromatic carbocycles. The fraction of sp³-hybridized carbons (Fsp3) is 0.211. The van der Waals surface area contributed by atoms with Crippen LogP contribution in [-0.2, 0) is 18.1 Å². The van der Waals surface area contributed by atoms with Gasteiger partial charge in [-0.1, -0.05) is 35.7 Å². The van der Waals surface area contributed by atoms with Gasteiger partial charge < -0.3 is 4.57 Å². The van der Waals surface area contributed by atoms with E-state index in [9.17, 15) is 22.0 Å². The molecule has 0 spiro atoms. The van der Waals surface area contributed by atoms with Crippen molar-refractivity contribution in [2.75, 3.05) is 0 Å². The third-order valence-electron chi connectivity index (χ3n) is 4.36. The first-order valence-electron chi connectivity index (χ1n) is 8.94. The minimum atomic E-state index is -2.17. The molecule has 0 aliphatic rings. The Balaban J connectivity index is 1.50. The lowest BCUT2D eigenvalue weighted by Gasteiger charge is -2.09. The number of nitrogens with zero attached hydrogens (tertiary/aromatic N) is 4. The molecule has 0 aliphatic carbocycles. The Labute approximate surface area is 185 Å². The molecule has 2 heterocycles. The van der Waals surface area contributed by atoms with Crippen molar-refractivity contribution in [2.45, 2.75) is 34.5 Å². The van der Waals surface area contributed by atoms with Gasteiger partial charge in [0.05, 0.1) is 16.0 Å². The molecular weight excluding hydrogens is 475 g/mol. The van der Waals surface area contributed by atoms with Gasteiger partial charge in [0.15, 0.2) is 32.8 Å². The predicted octanol–water partition coefficient (Wildman–Crippen LogP) is 6.19. The quantitative estimate of drug-likeness (QED) is 0.134. The summed E-state index contributed by atoms with van der Waals surface area (Å²) < 4.78 is 71.5. The van der Waals surface area contributed by atoms with Crippen LogP contribution in [0.1, 0.15) is 18.3 Å². The van der Waals surface area contributed by atoms with Crippen molar-refractivity contribution in [2.24, 2.45) is 0 Å². The molecule has 0 radical (unpaired) electrons. The average Bonchev–Trinajstić information content (AvgIpc) is 3.37. The number of halogens is 5. The molecule has 162 valence electrons. The van der Waals surface area contributed by atoms with Crippen LogP contribution in [0.5, 0.6) is 0 Å². The first-order chi connectivity index (χ1) is 14.9. The smallest absolute Gasteiger partial charge is 0.200 e. The topological polar surface area (TPSA) is 43.6 Å². The number of hydrogen-bond donors (Lipinski definition) is 0. The molecule has 0 bridgehead atoms. The van der Waals surface area contributed by atoms with Crippen molar-refractivity contribution < 1.29 is 22.0 Å². The second-order valence-electron chi connectivity index (χ2n) is 6.22. The Morgan fingerprint density at radius 1 is 0.871 bits per heavy atom. The Morgan fingerprint density at radius 2 is 1.55 bits per heavy atom. The summed E-state index contributed by atoms with van der Waals surface area (Å²) in [7, 11) is 0. The van der Waals surface area contributed by atoms with E-state index >= 15 is 0 Å². The molecule has 4 nitrogen and oxygen atoms in total. The van der Waals surface area contributed by atoms with E-state index in [1.165, 1.54) is 11.8 Å². The van der Waals surface area contributed by atoms with E-state index in [2.05, 4.69) is 15.2 Å². The number of hydrogen-bond acceptors (Lipinski definition) is 6. The molecule has 31 heavy (non-hydrogen) atoms. The van der Waals surface area contributed by atoms with Crippen molar-refractivity contribution in [3.05, 3.63) is 64.7 Å². The van der Waals surface area contributed by atoms with E-state index < -0.39 is 40.4 Å². The van der Waals surface area contributed by atoms with Crippen LogP contribution in [0.25, 0.3) is 10.2 Å². The van der Waals surface area contributed by atoms with Crippen molar-refractivity contribution in [1.82, 2.24) is 19.7 Å². The first-order valence-corrected chi connectivity index (χ1v) is 11.7. The predicted molar refractivity (Wildman–Crippen MR) is 111 cm³/mol. The first kappa shape index (κ1) is 22.0. The van der Waals surface area contributed by atoms with Crippen LogP contribution in [0.4, 0.5) is 22.0 Å². The SMILES string of the molecule is CCn1c(CSc2nc3ccccc3s2)nnc1SCc1c(F)c(F)c(F)c(F)c1F. The Morgan fingerprint density at radius 3 is 2.23 bits per heavy atom. The van der Waals surface area contributed by atoms with Gasteiger partial charge in [-0.3, -0.25) is 0 Å². The molecule has 0 aliphatic heterocycles. The van der Waals surface area contributed by atoms with Gasteiger partial charge in [-0.05, 0) is 19.1 Å². The molecule has 0 atom stereocenters. The number of benzene rings is 2. The number of thiazole rings is 1. The van der Waals surface area contributed by atoms with E-state index in [0.717, 1.165) is 26.3 Å².